The number of rotatable bonds is 0. The van der Waals surface area contributed by atoms with Crippen LogP contribution in [0, 0.1) is 0 Å². The summed E-state index contributed by atoms with van der Waals surface area (Å²) in [4.78, 5) is 8.98. The van der Waals surface area contributed by atoms with Crippen LogP contribution in [0.1, 0.15) is 0 Å². The van der Waals surface area contributed by atoms with E-state index in [9.17, 15) is 0 Å². The minimum absolute atomic E-state index is 0. The van der Waals surface area contributed by atoms with Crippen LogP contribution >= 0.6 is 23.2 Å². The summed E-state index contributed by atoms with van der Waals surface area (Å²) < 4.78 is -0.889. The Morgan fingerprint density at radius 3 is 1.33 bits per heavy atom. The molecule has 0 heterocycles. The third-order valence-electron chi connectivity index (χ3n) is 0. The quantitative estimate of drug-likeness (QED) is 0.256. The van der Waals surface area contributed by atoms with E-state index in [-0.39, 0.29) is 42.0 Å². The second kappa shape index (κ2) is 9.74. The molecule has 0 saturated heterocycles. The third-order valence-corrected chi connectivity index (χ3v) is 0. The van der Waals surface area contributed by atoms with Crippen LogP contribution in [0.25, 0.3) is 0 Å². The fourth-order valence-corrected chi connectivity index (χ4v) is 0. The van der Waals surface area contributed by atoms with Crippen LogP contribution in [-0.4, -0.2) is 4.70 Å². The van der Waals surface area contributed by atoms with Gasteiger partial charge in [0.05, 0.1) is 0 Å². The van der Waals surface area contributed by atoms with Gasteiger partial charge >= 0.3 is 34.3 Å². The molecule has 1 nitrogen and oxygen atoms in total. The van der Waals surface area contributed by atoms with Gasteiger partial charge in [0.15, 0.2) is 0 Å². The average molecular weight is 157 g/mol. The first-order valence-electron chi connectivity index (χ1n) is 0.582. The van der Waals surface area contributed by atoms with Crippen LogP contribution in [0.5, 0.6) is 0 Å². The van der Waals surface area contributed by atoms with Gasteiger partial charge in [-0.2, -0.15) is 0 Å². The number of hydrogen-bond donors (Lipinski definition) is 0. The van der Waals surface area contributed by atoms with Gasteiger partial charge < -0.3 is 12.4 Å². The van der Waals surface area contributed by atoms with Crippen molar-refractivity contribution in [3.05, 3.63) is 0 Å². The molecule has 0 aliphatic rings. The molecular weight excluding hydrogens is 157 g/mol. The predicted octanol–water partition coefficient (Wildman–Crippen LogP) is -4.41. The molecule has 0 N–H and O–H groups in total. The molecule has 6 heavy (non-hydrogen) atoms. The van der Waals surface area contributed by atoms with Gasteiger partial charge in [-0.1, -0.05) is 0 Å². The van der Waals surface area contributed by atoms with Crippen molar-refractivity contribution in [1.29, 1.82) is 0 Å². The van der Waals surface area contributed by atoms with E-state index >= 15 is 0 Å². The Labute approximate surface area is 74.1 Å². The molecule has 0 aliphatic heterocycles. The van der Waals surface area contributed by atoms with Gasteiger partial charge in [0.1, 0.15) is 0 Å². The van der Waals surface area contributed by atoms with Crippen LogP contribution in [0.2, 0.25) is 0 Å². The SMILES string of the molecule is O=C(Cl)Cl.[Cl-].[Na+]. The van der Waals surface area contributed by atoms with Crippen LogP contribution < -0.4 is 42.0 Å². The maximum Gasteiger partial charge on any atom is 1.00 e. The Morgan fingerprint density at radius 2 is 1.33 bits per heavy atom. The maximum atomic E-state index is 8.98. The van der Waals surface area contributed by atoms with E-state index in [4.69, 9.17) is 4.79 Å². The first-order chi connectivity index (χ1) is 1.73. The predicted molar refractivity (Wildman–Crippen MR) is 17.1 cm³/mol. The van der Waals surface area contributed by atoms with Crippen molar-refractivity contribution in [1.82, 2.24) is 0 Å². The molecule has 0 fully saturated rings. The van der Waals surface area contributed by atoms with E-state index < -0.39 is 4.70 Å². The summed E-state index contributed by atoms with van der Waals surface area (Å²) >= 11 is 8.80. The van der Waals surface area contributed by atoms with Gasteiger partial charge in [0, 0.05) is 0 Å². The Bertz CT molecular complexity index is 33.8. The monoisotopic (exact) mass is 156 g/mol. The molecule has 0 aromatic carbocycles. The Balaban J connectivity index is -0.0000000450. The average Bonchev–Trinajstić information content (AvgIpc) is 0.811. The van der Waals surface area contributed by atoms with E-state index in [0.717, 1.165) is 0 Å². The van der Waals surface area contributed by atoms with Gasteiger partial charge in [0.25, 0.3) is 0 Å². The Morgan fingerprint density at radius 1 is 1.33 bits per heavy atom. The van der Waals surface area contributed by atoms with Gasteiger partial charge in [0.2, 0.25) is 0 Å². The summed E-state index contributed by atoms with van der Waals surface area (Å²) in [5, 5.41) is 0. The Kier molecular flexibility index (Phi) is 25.4. The molecule has 0 amide bonds. The summed E-state index contributed by atoms with van der Waals surface area (Å²) in [6, 6.07) is 0. The fraction of sp³-hybridized carbons (Fsp3) is 0. The molecule has 0 radical (unpaired) electrons. The largest absolute Gasteiger partial charge is 1.00 e. The van der Waals surface area contributed by atoms with Crippen molar-refractivity contribution in [2.45, 2.75) is 0 Å². The molecule has 0 saturated carbocycles. The van der Waals surface area contributed by atoms with E-state index in [1.54, 1.807) is 0 Å². The molecule has 0 unspecified atom stereocenters. The zero-order valence-electron chi connectivity index (χ0n) is 3.04. The molecule has 0 rings (SSSR count). The third kappa shape index (κ3) is 48.1. The maximum absolute atomic E-state index is 8.98. The molecule has 0 spiro atoms. The molecule has 0 aromatic heterocycles. The van der Waals surface area contributed by atoms with Crippen molar-refractivity contribution < 1.29 is 46.8 Å². The van der Waals surface area contributed by atoms with Crippen molar-refractivity contribution >= 4 is 27.9 Å². The van der Waals surface area contributed by atoms with Crippen LogP contribution in [0.15, 0.2) is 0 Å². The zero-order chi connectivity index (χ0) is 3.58. The summed E-state index contributed by atoms with van der Waals surface area (Å²) in [6.45, 7) is 0. The molecule has 0 aromatic rings. The summed E-state index contributed by atoms with van der Waals surface area (Å²) in [5.74, 6) is 0. The van der Waals surface area contributed by atoms with E-state index in [1.165, 1.54) is 0 Å². The zero-order valence-corrected chi connectivity index (χ0v) is 7.31. The second-order valence-electron chi connectivity index (χ2n) is 0.226. The number of carbonyl (C=O) groups excluding carboxylic acids is 1. The molecular formula is CCl3NaO. The first kappa shape index (κ1) is 15.6. The van der Waals surface area contributed by atoms with Crippen LogP contribution in [0.3, 0.4) is 0 Å². The van der Waals surface area contributed by atoms with Crippen molar-refractivity contribution in [2.24, 2.45) is 0 Å². The topological polar surface area (TPSA) is 17.1 Å². The van der Waals surface area contributed by atoms with E-state index in [2.05, 4.69) is 23.2 Å². The molecule has 0 atom stereocenters. The Hall–Kier alpha value is 1.54. The normalized spacial score (nSPS) is 4.33. The molecule has 0 bridgehead atoms. The van der Waals surface area contributed by atoms with E-state index in [0.29, 0.717) is 0 Å². The summed E-state index contributed by atoms with van der Waals surface area (Å²) in [5.41, 5.74) is 0. The number of carbonyl (C=O) groups is 1. The van der Waals surface area contributed by atoms with Crippen LogP contribution in [-0.2, 0) is 0 Å². The smallest absolute Gasteiger partial charge is 1.00 e. The minimum atomic E-state index is -0.889. The fourth-order valence-electron chi connectivity index (χ4n) is 0. The second-order valence-corrected chi connectivity index (χ2v) is 1.11. The number of hydrogen-bond acceptors (Lipinski definition) is 1. The standard InChI is InChI=1S/CCl2O.ClH.Na/c2-1(3)4;;/h;1H;/q;;+1/p-1. The minimum Gasteiger partial charge on any atom is -1.00 e. The first-order valence-corrected chi connectivity index (χ1v) is 1.34. The van der Waals surface area contributed by atoms with Crippen molar-refractivity contribution in [3.63, 3.8) is 0 Å². The van der Waals surface area contributed by atoms with Gasteiger partial charge in [-0.3, -0.25) is 4.79 Å². The van der Waals surface area contributed by atoms with Gasteiger partial charge in [-0.15, -0.1) is 0 Å². The molecule has 5 heteroatoms. The number of halogens is 3. The van der Waals surface area contributed by atoms with Crippen LogP contribution in [0.4, 0.5) is 4.79 Å². The summed E-state index contributed by atoms with van der Waals surface area (Å²) in [6.07, 6.45) is 0. The summed E-state index contributed by atoms with van der Waals surface area (Å²) in [7, 11) is 0. The van der Waals surface area contributed by atoms with Gasteiger partial charge in [-0.25, -0.2) is 0 Å². The van der Waals surface area contributed by atoms with Crippen molar-refractivity contribution in [2.75, 3.05) is 0 Å². The molecule has 0 aliphatic carbocycles. The molecule has 32 valence electrons. The van der Waals surface area contributed by atoms with Crippen molar-refractivity contribution in [3.8, 4) is 0 Å². The van der Waals surface area contributed by atoms with E-state index in [1.807, 2.05) is 0 Å². The van der Waals surface area contributed by atoms with Gasteiger partial charge in [-0.05, 0) is 23.2 Å².